The van der Waals surface area contributed by atoms with Crippen LogP contribution in [0.3, 0.4) is 0 Å². The average molecular weight is 230 g/mol. The average Bonchev–Trinajstić information content (AvgIpc) is 2.07. The lowest BCUT2D eigenvalue weighted by atomic mass is 9.85. The molecule has 0 fully saturated rings. The fourth-order valence-electron chi connectivity index (χ4n) is 1.55. The summed E-state index contributed by atoms with van der Waals surface area (Å²) in [6.45, 7) is 12.9. The second kappa shape index (κ2) is 6.02. The van der Waals surface area contributed by atoms with Crippen LogP contribution in [0.2, 0.25) is 0 Å². The van der Waals surface area contributed by atoms with E-state index in [1.165, 1.54) is 0 Å². The van der Waals surface area contributed by atoms with Crippen LogP contribution in [0.5, 0.6) is 0 Å². The van der Waals surface area contributed by atoms with Gasteiger partial charge in [0.2, 0.25) is 0 Å². The van der Waals surface area contributed by atoms with Crippen LogP contribution in [0, 0.1) is 10.8 Å². The minimum atomic E-state index is -0.568. The Morgan fingerprint density at radius 2 is 0.938 bits per heavy atom. The van der Waals surface area contributed by atoms with Gasteiger partial charge in [-0.1, -0.05) is 41.5 Å². The molecule has 0 aromatic carbocycles. The number of rotatable bonds is 5. The van der Waals surface area contributed by atoms with E-state index in [0.717, 1.165) is 12.8 Å². The van der Waals surface area contributed by atoms with Crippen molar-refractivity contribution < 1.29 is 10.2 Å². The molecule has 0 aromatic heterocycles. The van der Waals surface area contributed by atoms with Gasteiger partial charge in [-0.25, -0.2) is 0 Å². The van der Waals surface area contributed by atoms with Crippen LogP contribution >= 0.6 is 0 Å². The van der Waals surface area contributed by atoms with Crippen LogP contribution < -0.4 is 0 Å². The van der Waals surface area contributed by atoms with E-state index < -0.39 is 12.2 Å². The van der Waals surface area contributed by atoms with Gasteiger partial charge in [0.15, 0.2) is 0 Å². The molecular formula is C14H30O2. The molecule has 0 heterocycles. The lowest BCUT2D eigenvalue weighted by molar-refractivity contribution is -0.00125. The minimum Gasteiger partial charge on any atom is -0.390 e. The van der Waals surface area contributed by atoms with Gasteiger partial charge in [0.05, 0.1) is 12.2 Å². The molecule has 98 valence electrons. The van der Waals surface area contributed by atoms with Crippen molar-refractivity contribution in [1.82, 2.24) is 0 Å². The molecule has 0 amide bonds. The van der Waals surface area contributed by atoms with E-state index in [9.17, 15) is 10.2 Å². The second-order valence-electron chi connectivity index (χ2n) is 7.33. The van der Waals surface area contributed by atoms with Crippen molar-refractivity contribution in [2.75, 3.05) is 0 Å². The largest absolute Gasteiger partial charge is 0.390 e. The summed E-state index contributed by atoms with van der Waals surface area (Å²) in [5, 5.41) is 19.7. The molecule has 16 heavy (non-hydrogen) atoms. The molecule has 0 aromatic rings. The Morgan fingerprint density at radius 1 is 0.688 bits per heavy atom. The summed E-state index contributed by atoms with van der Waals surface area (Å²) in [5.41, 5.74) is 0.454. The molecule has 0 rings (SSSR count). The highest BCUT2D eigenvalue weighted by Crippen LogP contribution is 2.25. The Balaban J connectivity index is 3.86. The third-order valence-electron chi connectivity index (χ3n) is 2.82. The van der Waals surface area contributed by atoms with Gasteiger partial charge in [0.1, 0.15) is 0 Å². The molecular weight excluding hydrogens is 200 g/mol. The fourth-order valence-corrected chi connectivity index (χ4v) is 1.55. The first kappa shape index (κ1) is 15.9. The Hall–Kier alpha value is -0.0800. The summed E-state index contributed by atoms with van der Waals surface area (Å²) in [7, 11) is 0. The van der Waals surface area contributed by atoms with Gasteiger partial charge in [-0.3, -0.25) is 0 Å². The highest BCUT2D eigenvalue weighted by Gasteiger charge is 2.21. The summed E-state index contributed by atoms with van der Waals surface area (Å²) < 4.78 is 0. The molecule has 0 saturated heterocycles. The molecule has 0 aliphatic rings. The van der Waals surface area contributed by atoms with E-state index in [0.29, 0.717) is 12.8 Å². The summed E-state index contributed by atoms with van der Waals surface area (Å²) in [5.74, 6) is 0. The van der Waals surface area contributed by atoms with E-state index >= 15 is 0 Å². The summed E-state index contributed by atoms with van der Waals surface area (Å²) in [6, 6.07) is 0. The first-order valence-electron chi connectivity index (χ1n) is 6.37. The summed E-state index contributed by atoms with van der Waals surface area (Å²) in [4.78, 5) is 0. The van der Waals surface area contributed by atoms with Crippen molar-refractivity contribution in [2.45, 2.75) is 79.4 Å². The van der Waals surface area contributed by atoms with Crippen LogP contribution in [0.15, 0.2) is 0 Å². The Labute approximate surface area is 101 Å². The molecule has 2 heteroatoms. The minimum absolute atomic E-state index is 0.227. The third kappa shape index (κ3) is 9.17. The van der Waals surface area contributed by atoms with E-state index in [-0.39, 0.29) is 10.8 Å². The molecule has 0 aliphatic heterocycles. The molecule has 2 atom stereocenters. The maximum Gasteiger partial charge on any atom is 0.0799 e. The second-order valence-corrected chi connectivity index (χ2v) is 7.33. The van der Waals surface area contributed by atoms with Gasteiger partial charge in [-0.05, 0) is 36.5 Å². The zero-order chi connectivity index (χ0) is 13.0. The van der Waals surface area contributed by atoms with Gasteiger partial charge >= 0.3 is 0 Å². The number of aliphatic hydroxyl groups is 2. The molecule has 2 N–H and O–H groups in total. The number of aliphatic hydroxyl groups excluding tert-OH is 2. The molecule has 2 unspecified atom stereocenters. The van der Waals surface area contributed by atoms with Crippen LogP contribution in [0.4, 0.5) is 0 Å². The van der Waals surface area contributed by atoms with Gasteiger partial charge in [0, 0.05) is 0 Å². The Kier molecular flexibility index (Phi) is 5.99. The SMILES string of the molecule is CC(C)(C)CCC(O)C(O)CCC(C)(C)C. The van der Waals surface area contributed by atoms with Crippen LogP contribution in [0.25, 0.3) is 0 Å². The maximum atomic E-state index is 9.83. The van der Waals surface area contributed by atoms with E-state index in [1.807, 2.05) is 0 Å². The Bertz CT molecular complexity index is 164. The van der Waals surface area contributed by atoms with Crippen molar-refractivity contribution >= 4 is 0 Å². The van der Waals surface area contributed by atoms with Crippen molar-refractivity contribution in [3.8, 4) is 0 Å². The van der Waals surface area contributed by atoms with Gasteiger partial charge in [0.25, 0.3) is 0 Å². The predicted octanol–water partition coefficient (Wildman–Crippen LogP) is 3.36. The van der Waals surface area contributed by atoms with E-state index in [2.05, 4.69) is 41.5 Å². The van der Waals surface area contributed by atoms with Crippen LogP contribution in [0.1, 0.15) is 67.2 Å². The molecule has 0 aliphatic carbocycles. The van der Waals surface area contributed by atoms with E-state index in [4.69, 9.17) is 0 Å². The maximum absolute atomic E-state index is 9.83. The number of hydrogen-bond donors (Lipinski definition) is 2. The topological polar surface area (TPSA) is 40.5 Å². The van der Waals surface area contributed by atoms with Crippen LogP contribution in [-0.2, 0) is 0 Å². The van der Waals surface area contributed by atoms with E-state index in [1.54, 1.807) is 0 Å². The standard InChI is InChI=1S/C14H30O2/c1-13(2,3)9-7-11(15)12(16)8-10-14(4,5)6/h11-12,15-16H,7-10H2,1-6H3. The molecule has 0 bridgehead atoms. The van der Waals surface area contributed by atoms with Crippen molar-refractivity contribution in [2.24, 2.45) is 10.8 Å². The summed E-state index contributed by atoms with van der Waals surface area (Å²) in [6.07, 6.45) is 2.13. The van der Waals surface area contributed by atoms with Gasteiger partial charge < -0.3 is 10.2 Å². The first-order chi connectivity index (χ1) is 7.01. The highest BCUT2D eigenvalue weighted by atomic mass is 16.3. The van der Waals surface area contributed by atoms with Gasteiger partial charge in [-0.2, -0.15) is 0 Å². The van der Waals surface area contributed by atoms with Crippen LogP contribution in [-0.4, -0.2) is 22.4 Å². The quantitative estimate of drug-likeness (QED) is 0.760. The number of hydrogen-bond acceptors (Lipinski definition) is 2. The van der Waals surface area contributed by atoms with Gasteiger partial charge in [-0.15, -0.1) is 0 Å². The van der Waals surface area contributed by atoms with Crippen molar-refractivity contribution in [3.05, 3.63) is 0 Å². The smallest absolute Gasteiger partial charge is 0.0799 e. The highest BCUT2D eigenvalue weighted by molar-refractivity contribution is 4.73. The first-order valence-corrected chi connectivity index (χ1v) is 6.37. The molecule has 0 spiro atoms. The molecule has 0 radical (unpaired) electrons. The lowest BCUT2D eigenvalue weighted by Crippen LogP contribution is -2.28. The zero-order valence-electron chi connectivity index (χ0n) is 11.9. The predicted molar refractivity (Wildman–Crippen MR) is 69.4 cm³/mol. The Morgan fingerprint density at radius 3 is 1.12 bits per heavy atom. The van der Waals surface area contributed by atoms with Crippen molar-refractivity contribution in [3.63, 3.8) is 0 Å². The normalized spacial score (nSPS) is 17.2. The monoisotopic (exact) mass is 230 g/mol. The van der Waals surface area contributed by atoms with Crippen molar-refractivity contribution in [1.29, 1.82) is 0 Å². The molecule has 0 saturated carbocycles. The summed E-state index contributed by atoms with van der Waals surface area (Å²) >= 11 is 0. The fraction of sp³-hybridized carbons (Fsp3) is 1.00. The molecule has 2 nitrogen and oxygen atoms in total. The zero-order valence-corrected chi connectivity index (χ0v) is 11.9. The lowest BCUT2D eigenvalue weighted by Gasteiger charge is -2.25. The third-order valence-corrected chi connectivity index (χ3v) is 2.82.